The Morgan fingerprint density at radius 1 is 0.939 bits per heavy atom. The number of benzene rings is 2. The van der Waals surface area contributed by atoms with Crippen molar-refractivity contribution < 1.29 is 84.4 Å². The summed E-state index contributed by atoms with van der Waals surface area (Å²) in [6.45, 7) is -3.61. The van der Waals surface area contributed by atoms with E-state index in [4.69, 9.17) is 9.29 Å². The van der Waals surface area contributed by atoms with E-state index in [1.165, 1.54) is 12.1 Å². The summed E-state index contributed by atoms with van der Waals surface area (Å²) in [5.74, 6) is -1.68. The molecule has 22 heteroatoms. The van der Waals surface area contributed by atoms with Crippen LogP contribution in [0.2, 0.25) is 0 Å². The number of ether oxygens (including phenoxy) is 4. The lowest BCUT2D eigenvalue weighted by atomic mass is 10.0. The lowest BCUT2D eigenvalue weighted by Crippen LogP contribution is -2.62. The fourth-order valence-electron chi connectivity index (χ4n) is 4.62. The quantitative estimate of drug-likeness (QED) is 0.122. The van der Waals surface area contributed by atoms with Crippen LogP contribution in [-0.2, 0) is 46.0 Å². The molecule has 8 nitrogen and oxygen atoms in total. The molecular formula is C27H22F11O8S3+. The van der Waals surface area contributed by atoms with Gasteiger partial charge in [-0.2, -0.15) is 56.7 Å². The Kier molecular flexibility index (Phi) is 10.8. The third kappa shape index (κ3) is 7.58. The predicted molar refractivity (Wildman–Crippen MR) is 149 cm³/mol. The van der Waals surface area contributed by atoms with E-state index in [2.05, 4.69) is 14.2 Å². The van der Waals surface area contributed by atoms with E-state index in [0.29, 0.717) is 4.90 Å². The van der Waals surface area contributed by atoms with Crippen LogP contribution in [0.3, 0.4) is 0 Å². The molecule has 0 radical (unpaired) electrons. The molecule has 0 bridgehead atoms. The van der Waals surface area contributed by atoms with Crippen molar-refractivity contribution in [3.8, 4) is 5.75 Å². The summed E-state index contributed by atoms with van der Waals surface area (Å²) in [5, 5.41) is -8.19. The molecule has 1 aliphatic heterocycles. The maximum absolute atomic E-state index is 14.2. The topological polar surface area (TPSA) is 108 Å². The molecular weight excluding hydrogens is 757 g/mol. The average Bonchev–Trinajstić information content (AvgIpc) is 2.98. The Hall–Kier alpha value is -2.92. The molecule has 0 saturated carbocycles. The van der Waals surface area contributed by atoms with Crippen molar-refractivity contribution in [3.63, 3.8) is 0 Å². The predicted octanol–water partition coefficient (Wildman–Crippen LogP) is 6.33. The van der Waals surface area contributed by atoms with Gasteiger partial charge in [0, 0.05) is 13.2 Å². The van der Waals surface area contributed by atoms with E-state index in [0.717, 1.165) is 31.4 Å². The molecule has 1 N–H and O–H groups in total. The van der Waals surface area contributed by atoms with Crippen molar-refractivity contribution in [2.75, 3.05) is 20.5 Å². The minimum absolute atomic E-state index is 0.241. The first-order chi connectivity index (χ1) is 22.5. The molecule has 2 aromatic rings. The molecule has 1 heterocycles. The van der Waals surface area contributed by atoms with Gasteiger partial charge < -0.3 is 18.9 Å². The lowest BCUT2D eigenvalue weighted by Gasteiger charge is -2.36. The van der Waals surface area contributed by atoms with Gasteiger partial charge in [-0.15, -0.1) is 0 Å². The van der Waals surface area contributed by atoms with Gasteiger partial charge in [0.2, 0.25) is 0 Å². The second-order valence-electron chi connectivity index (χ2n) is 10.2. The second kappa shape index (κ2) is 13.7. The first-order valence-corrected chi connectivity index (χ1v) is 17.1. The summed E-state index contributed by atoms with van der Waals surface area (Å²) in [4.78, 5) is 0.536. The van der Waals surface area contributed by atoms with Gasteiger partial charge in [0.05, 0.1) is 26.6 Å². The number of fused-ring (bicyclic) bond motifs is 2. The summed E-state index contributed by atoms with van der Waals surface area (Å²) in [7, 11) is -9.49. The Balaban J connectivity index is 1.77. The smallest absolute Gasteiger partial charge is 0.432 e. The number of allylic oxidation sites excluding steroid dienone is 1. The van der Waals surface area contributed by atoms with Crippen LogP contribution in [-0.4, -0.2) is 83.7 Å². The van der Waals surface area contributed by atoms with Gasteiger partial charge in [-0.05, 0) is 42.5 Å². The Bertz CT molecular complexity index is 1690. The van der Waals surface area contributed by atoms with Gasteiger partial charge in [-0.25, -0.2) is 0 Å². The maximum Gasteiger partial charge on any atom is 0.432 e. The van der Waals surface area contributed by atoms with Crippen molar-refractivity contribution in [1.29, 1.82) is 0 Å². The van der Waals surface area contributed by atoms with Gasteiger partial charge in [-0.1, -0.05) is 18.2 Å². The number of halogens is 11. The Labute approximate surface area is 275 Å². The molecule has 0 fully saturated rings. The number of hydrogen-bond acceptors (Lipinski definition) is 7. The van der Waals surface area contributed by atoms with Crippen LogP contribution in [0.5, 0.6) is 5.75 Å². The number of alkyl halides is 11. The van der Waals surface area contributed by atoms with Gasteiger partial charge in [0.25, 0.3) is 11.7 Å². The summed E-state index contributed by atoms with van der Waals surface area (Å²) in [6, 6.07) is 11.1. The van der Waals surface area contributed by atoms with E-state index in [1.807, 2.05) is 0 Å². The highest BCUT2D eigenvalue weighted by Gasteiger charge is 2.73. The van der Waals surface area contributed by atoms with E-state index in [9.17, 15) is 60.9 Å². The van der Waals surface area contributed by atoms with Gasteiger partial charge in [-0.3, -0.25) is 8.76 Å². The SMILES string of the molecule is COCOC(COc1ccc2c(c1)S(=O)C1C=C(OC(C(F)(F)F)C(F)(F)S(=O)(=O)O)C=CC1[S+]2c1ccccc1)(C(F)(F)F)C(F)(F)F. The van der Waals surface area contributed by atoms with Gasteiger partial charge in [0.1, 0.15) is 30.2 Å². The van der Waals surface area contributed by atoms with Crippen LogP contribution >= 0.6 is 0 Å². The third-order valence-electron chi connectivity index (χ3n) is 6.97. The van der Waals surface area contributed by atoms with Gasteiger partial charge >= 0.3 is 33.9 Å². The van der Waals surface area contributed by atoms with Crippen LogP contribution < -0.4 is 4.74 Å². The van der Waals surface area contributed by atoms with Crippen molar-refractivity contribution >= 4 is 31.8 Å². The molecule has 5 atom stereocenters. The molecule has 272 valence electrons. The molecule has 0 amide bonds. The first-order valence-electron chi connectivity index (χ1n) is 13.2. The number of hydrogen-bond donors (Lipinski definition) is 1. The van der Waals surface area contributed by atoms with Crippen LogP contribution in [0, 0.1) is 0 Å². The zero-order valence-electron chi connectivity index (χ0n) is 24.2. The van der Waals surface area contributed by atoms with Crippen molar-refractivity contribution in [2.24, 2.45) is 0 Å². The zero-order chi connectivity index (χ0) is 36.8. The number of methoxy groups -OCH3 is 1. The van der Waals surface area contributed by atoms with Crippen LogP contribution in [0.1, 0.15) is 0 Å². The molecule has 49 heavy (non-hydrogen) atoms. The molecule has 1 aliphatic carbocycles. The van der Waals surface area contributed by atoms with Crippen molar-refractivity contribution in [1.82, 2.24) is 0 Å². The van der Waals surface area contributed by atoms with E-state index in [1.54, 1.807) is 30.3 Å². The Morgan fingerprint density at radius 3 is 2.08 bits per heavy atom. The largest absolute Gasteiger partial charge is 0.490 e. The zero-order valence-corrected chi connectivity index (χ0v) is 26.6. The molecule has 0 aromatic heterocycles. The highest BCUT2D eigenvalue weighted by molar-refractivity contribution is 8.00. The summed E-state index contributed by atoms with van der Waals surface area (Å²) in [6.07, 6.45) is -19.9. The van der Waals surface area contributed by atoms with Gasteiger partial charge in [0.15, 0.2) is 15.0 Å². The minimum atomic E-state index is -6.66. The summed E-state index contributed by atoms with van der Waals surface area (Å²) < 4.78 is 214. The molecule has 0 spiro atoms. The molecule has 5 unspecified atom stereocenters. The van der Waals surface area contributed by atoms with E-state index < -0.39 is 103 Å². The lowest BCUT2D eigenvalue weighted by molar-refractivity contribution is -0.397. The molecule has 4 rings (SSSR count). The highest BCUT2D eigenvalue weighted by Crippen LogP contribution is 2.48. The number of rotatable bonds is 11. The Morgan fingerprint density at radius 2 is 1.55 bits per heavy atom. The normalized spacial score (nSPS) is 22.5. The summed E-state index contributed by atoms with van der Waals surface area (Å²) in [5.41, 5.74) is -4.87. The van der Waals surface area contributed by atoms with Crippen molar-refractivity contribution in [2.45, 2.75) is 60.7 Å². The standard InChI is InChI=1S/C27H21F11O8S3/c1-43-14-45-23(26(33,34)35,27(36,37)38)13-44-15-7-9-18-20(11-15)48(39)21-12-16(8-10-19(21)47(18)17-5-3-2-4-6-17)46-22(24(28,29)30)25(31,32)49(40,41)42/h2-12,19,21-22H,13-14H2,1H3/p+1. The first kappa shape index (κ1) is 38.9. The van der Waals surface area contributed by atoms with Crippen LogP contribution in [0.15, 0.2) is 87.2 Å². The fourth-order valence-corrected chi connectivity index (χ4v) is 9.99. The fraction of sp³-hybridized carbons (Fsp3) is 0.407. The van der Waals surface area contributed by atoms with E-state index in [-0.39, 0.29) is 9.79 Å². The average molecular weight is 780 g/mol. The molecule has 2 aromatic carbocycles. The maximum atomic E-state index is 14.2. The minimum Gasteiger partial charge on any atom is -0.490 e. The van der Waals surface area contributed by atoms with Crippen LogP contribution in [0.4, 0.5) is 48.3 Å². The molecule has 0 saturated heterocycles. The molecule has 2 aliphatic rings. The van der Waals surface area contributed by atoms with Crippen LogP contribution in [0.25, 0.3) is 0 Å². The highest BCUT2D eigenvalue weighted by atomic mass is 32.2. The van der Waals surface area contributed by atoms with E-state index >= 15 is 0 Å². The summed E-state index contributed by atoms with van der Waals surface area (Å²) >= 11 is 0. The van der Waals surface area contributed by atoms with Crippen molar-refractivity contribution in [3.05, 3.63) is 72.5 Å². The monoisotopic (exact) mass is 779 g/mol. The third-order valence-corrected chi connectivity index (χ3v) is 12.5. The second-order valence-corrected chi connectivity index (χ2v) is 15.4.